The van der Waals surface area contributed by atoms with Crippen molar-refractivity contribution >= 4 is 34.0 Å². The van der Waals surface area contributed by atoms with Gasteiger partial charge in [0.05, 0.1) is 13.7 Å². The number of benzene rings is 1. The fourth-order valence-electron chi connectivity index (χ4n) is 3.13. The molecule has 1 aliphatic heterocycles. The molecule has 1 heterocycles. The molecule has 0 unspecified atom stereocenters. The molecule has 1 aliphatic rings. The number of anilines is 1. The van der Waals surface area contributed by atoms with E-state index in [1.54, 1.807) is 13.2 Å². The molecule has 3 N–H and O–H groups in total. The number of halogens is 1. The number of methoxy groups -OCH3 is 2. The lowest BCUT2D eigenvalue weighted by atomic mass is 9.80. The molecule has 1 amide bonds. The molecule has 0 atom stereocenters. The summed E-state index contributed by atoms with van der Waals surface area (Å²) in [6.07, 6.45) is 1.65. The summed E-state index contributed by atoms with van der Waals surface area (Å²) in [5.41, 5.74) is 0.155. The third-order valence-corrected chi connectivity index (χ3v) is 5.95. The summed E-state index contributed by atoms with van der Waals surface area (Å²) in [7, 11) is -0.788. The van der Waals surface area contributed by atoms with Crippen LogP contribution < -0.4 is 20.1 Å². The fourth-order valence-corrected chi connectivity index (χ4v) is 4.48. The predicted octanol–water partition coefficient (Wildman–Crippen LogP) is 1.37. The number of rotatable bonds is 8. The summed E-state index contributed by atoms with van der Waals surface area (Å²) in [4.78, 5) is 11.2. The second kappa shape index (κ2) is 10.2. The summed E-state index contributed by atoms with van der Waals surface area (Å²) in [6, 6.07) is 4.52. The van der Waals surface area contributed by atoms with E-state index >= 15 is 0 Å². The van der Waals surface area contributed by atoms with Gasteiger partial charge >= 0.3 is 0 Å². The van der Waals surface area contributed by atoms with E-state index < -0.39 is 10.0 Å². The van der Waals surface area contributed by atoms with Gasteiger partial charge in [-0.3, -0.25) is 4.79 Å². The number of carbonyl (C=O) groups excluding carboxylic acids is 1. The summed E-state index contributed by atoms with van der Waals surface area (Å²) < 4.78 is 39.0. The maximum absolute atomic E-state index is 12.9. The molecule has 0 aromatic heterocycles. The van der Waals surface area contributed by atoms with Crippen molar-refractivity contribution in [2.45, 2.75) is 24.7 Å². The van der Waals surface area contributed by atoms with E-state index in [4.69, 9.17) is 9.47 Å². The minimum atomic E-state index is -3.82. The molecule has 2 rings (SSSR count). The summed E-state index contributed by atoms with van der Waals surface area (Å²) >= 11 is 0. The van der Waals surface area contributed by atoms with Crippen LogP contribution in [0.25, 0.3) is 0 Å². The molecule has 10 heteroatoms. The number of sulfonamides is 1. The minimum Gasteiger partial charge on any atom is -0.495 e. The highest BCUT2D eigenvalue weighted by atomic mass is 35.5. The molecule has 0 bridgehead atoms. The Labute approximate surface area is 166 Å². The molecular formula is C17H28ClN3O5S. The number of hydrogen-bond donors (Lipinski definition) is 3. The Morgan fingerprint density at radius 1 is 1.26 bits per heavy atom. The van der Waals surface area contributed by atoms with E-state index in [1.165, 1.54) is 26.2 Å². The van der Waals surface area contributed by atoms with Crippen LogP contribution >= 0.6 is 12.4 Å². The van der Waals surface area contributed by atoms with E-state index in [1.807, 2.05) is 0 Å². The maximum Gasteiger partial charge on any atom is 0.244 e. The van der Waals surface area contributed by atoms with Gasteiger partial charge < -0.3 is 20.1 Å². The zero-order valence-electron chi connectivity index (χ0n) is 15.8. The van der Waals surface area contributed by atoms with Crippen LogP contribution in [0.4, 0.5) is 5.69 Å². The molecule has 0 spiro atoms. The third-order valence-electron chi connectivity index (χ3n) is 4.53. The quantitative estimate of drug-likeness (QED) is 0.585. The molecule has 1 fully saturated rings. The van der Waals surface area contributed by atoms with E-state index in [0.29, 0.717) is 12.3 Å². The van der Waals surface area contributed by atoms with E-state index in [9.17, 15) is 13.2 Å². The molecule has 27 heavy (non-hydrogen) atoms. The highest BCUT2D eigenvalue weighted by molar-refractivity contribution is 7.89. The number of piperidine rings is 1. The summed E-state index contributed by atoms with van der Waals surface area (Å²) in [5.74, 6) is -0.0575. The Kier molecular flexibility index (Phi) is 8.97. The van der Waals surface area contributed by atoms with Crippen molar-refractivity contribution in [3.8, 4) is 5.75 Å². The standard InChI is InChI=1S/C17H27N3O5S.ClH/c1-13(21)20-14-4-5-15(25-3)16(10-14)26(22,23)19-11-17(12-24-2)6-8-18-9-7-17;/h4-5,10,18-19H,6-9,11-12H2,1-3H3,(H,20,21);1H. The Morgan fingerprint density at radius 3 is 2.48 bits per heavy atom. The first-order valence-electron chi connectivity index (χ1n) is 8.47. The van der Waals surface area contributed by atoms with Gasteiger partial charge in [0, 0.05) is 31.7 Å². The number of amides is 1. The molecule has 0 saturated carbocycles. The van der Waals surface area contributed by atoms with E-state index in [0.717, 1.165) is 25.9 Å². The number of hydrogen-bond acceptors (Lipinski definition) is 6. The minimum absolute atomic E-state index is 0. The molecular weight excluding hydrogens is 394 g/mol. The zero-order chi connectivity index (χ0) is 19.2. The van der Waals surface area contributed by atoms with Gasteiger partial charge in [0.2, 0.25) is 15.9 Å². The van der Waals surface area contributed by atoms with Crippen LogP contribution in [0.15, 0.2) is 23.1 Å². The van der Waals surface area contributed by atoms with Crippen molar-refractivity contribution in [3.63, 3.8) is 0 Å². The van der Waals surface area contributed by atoms with Gasteiger partial charge in [-0.1, -0.05) is 0 Å². The smallest absolute Gasteiger partial charge is 0.244 e. The van der Waals surface area contributed by atoms with Crippen molar-refractivity contribution in [2.24, 2.45) is 5.41 Å². The summed E-state index contributed by atoms with van der Waals surface area (Å²) in [5, 5.41) is 5.86. The van der Waals surface area contributed by atoms with Gasteiger partial charge in [-0.2, -0.15) is 0 Å². The van der Waals surface area contributed by atoms with Gasteiger partial charge in [-0.15, -0.1) is 12.4 Å². The first-order chi connectivity index (χ1) is 12.3. The zero-order valence-corrected chi connectivity index (χ0v) is 17.5. The number of nitrogens with one attached hydrogen (secondary N) is 3. The van der Waals surface area contributed by atoms with Crippen LogP contribution in [0.5, 0.6) is 5.75 Å². The second-order valence-corrected chi connectivity index (χ2v) is 8.29. The molecule has 0 aliphatic carbocycles. The topological polar surface area (TPSA) is 106 Å². The van der Waals surface area contributed by atoms with Crippen molar-refractivity contribution in [2.75, 3.05) is 45.8 Å². The van der Waals surface area contributed by atoms with Gasteiger partial charge in [-0.25, -0.2) is 13.1 Å². The Hall–Kier alpha value is -1.39. The van der Waals surface area contributed by atoms with Gasteiger partial charge in [0.15, 0.2) is 0 Å². The molecule has 154 valence electrons. The lowest BCUT2D eigenvalue weighted by Crippen LogP contribution is -2.47. The van der Waals surface area contributed by atoms with Crippen molar-refractivity contribution in [1.82, 2.24) is 10.0 Å². The highest BCUT2D eigenvalue weighted by Crippen LogP contribution is 2.31. The first-order valence-corrected chi connectivity index (χ1v) is 9.95. The SMILES string of the molecule is COCC1(CNS(=O)(=O)c2cc(NC(C)=O)ccc2OC)CCNCC1.Cl. The largest absolute Gasteiger partial charge is 0.495 e. The monoisotopic (exact) mass is 421 g/mol. The average Bonchev–Trinajstić information content (AvgIpc) is 2.61. The summed E-state index contributed by atoms with van der Waals surface area (Å²) in [6.45, 7) is 3.78. The van der Waals surface area contributed by atoms with Gasteiger partial charge in [0.1, 0.15) is 10.6 Å². The van der Waals surface area contributed by atoms with Gasteiger partial charge in [-0.05, 0) is 44.1 Å². The third kappa shape index (κ3) is 6.32. The second-order valence-electron chi connectivity index (χ2n) is 6.55. The fraction of sp³-hybridized carbons (Fsp3) is 0.588. The van der Waals surface area contributed by atoms with Crippen LogP contribution in [-0.4, -0.2) is 54.8 Å². The molecule has 8 nitrogen and oxygen atoms in total. The average molecular weight is 422 g/mol. The predicted molar refractivity (Wildman–Crippen MR) is 106 cm³/mol. The Balaban J connectivity index is 0.00000364. The van der Waals surface area contributed by atoms with E-state index in [2.05, 4.69) is 15.4 Å². The van der Waals surface area contributed by atoms with Crippen LogP contribution in [0.2, 0.25) is 0 Å². The maximum atomic E-state index is 12.9. The highest BCUT2D eigenvalue weighted by Gasteiger charge is 2.34. The first kappa shape index (κ1) is 23.6. The Morgan fingerprint density at radius 2 is 1.93 bits per heavy atom. The van der Waals surface area contributed by atoms with Crippen molar-refractivity contribution < 1.29 is 22.7 Å². The molecule has 1 saturated heterocycles. The lowest BCUT2D eigenvalue weighted by molar-refractivity contribution is -0.114. The van der Waals surface area contributed by atoms with Crippen LogP contribution in [0.3, 0.4) is 0 Å². The van der Waals surface area contributed by atoms with Crippen LogP contribution in [0, 0.1) is 5.41 Å². The lowest BCUT2D eigenvalue weighted by Gasteiger charge is -2.37. The molecule has 1 aromatic rings. The van der Waals surface area contributed by atoms with Crippen LogP contribution in [-0.2, 0) is 19.6 Å². The Bertz CT molecular complexity index is 731. The van der Waals surface area contributed by atoms with Crippen LogP contribution in [0.1, 0.15) is 19.8 Å². The van der Waals surface area contributed by atoms with E-state index in [-0.39, 0.29) is 40.9 Å². The number of carbonyl (C=O) groups is 1. The number of ether oxygens (including phenoxy) is 2. The van der Waals surface area contributed by atoms with Crippen molar-refractivity contribution in [3.05, 3.63) is 18.2 Å². The molecule has 0 radical (unpaired) electrons. The normalized spacial score (nSPS) is 16.3. The molecule has 1 aromatic carbocycles. The van der Waals surface area contributed by atoms with Crippen molar-refractivity contribution in [1.29, 1.82) is 0 Å². The van der Waals surface area contributed by atoms with Gasteiger partial charge in [0.25, 0.3) is 0 Å².